The molecule has 1 fully saturated rings. The van der Waals surface area contributed by atoms with Crippen LogP contribution in [0.5, 0.6) is 0 Å². The smallest absolute Gasteiger partial charge is 0.243 e. The van der Waals surface area contributed by atoms with Crippen LogP contribution in [0.1, 0.15) is 49.4 Å². The normalized spacial score (nSPS) is 17.9. The summed E-state index contributed by atoms with van der Waals surface area (Å²) in [6, 6.07) is 14.3. The number of aromatic nitrogens is 1. The van der Waals surface area contributed by atoms with Crippen LogP contribution < -0.4 is 16.8 Å². The number of amides is 2. The standard InChI is InChI=1S/C24H33N5O2/c25-14-6-4-12-20(26)24(31)29-16-8-13-22(29)23(30)28-21(18-9-2-1-3-10-18)17-19-11-5-7-15-27-19/h1-3,5,7,9-11,15,20-22H,4,6,8,12-14,16-17,25-26H2,(H,28,30)/t20?,21?,22-/m0/s1. The van der Waals surface area contributed by atoms with Crippen molar-refractivity contribution < 1.29 is 9.59 Å². The second-order valence-corrected chi connectivity index (χ2v) is 8.08. The van der Waals surface area contributed by atoms with Gasteiger partial charge in [0.05, 0.1) is 12.1 Å². The largest absolute Gasteiger partial charge is 0.347 e. The number of hydrogen-bond acceptors (Lipinski definition) is 5. The summed E-state index contributed by atoms with van der Waals surface area (Å²) < 4.78 is 0. The number of rotatable bonds is 10. The number of benzene rings is 1. The first kappa shape index (κ1) is 22.9. The molecule has 7 nitrogen and oxygen atoms in total. The van der Waals surface area contributed by atoms with Gasteiger partial charge in [-0.05, 0) is 49.9 Å². The molecule has 1 saturated heterocycles. The summed E-state index contributed by atoms with van der Waals surface area (Å²) in [4.78, 5) is 32.2. The molecule has 0 bridgehead atoms. The van der Waals surface area contributed by atoms with Crippen LogP contribution in [-0.2, 0) is 16.0 Å². The molecule has 166 valence electrons. The van der Waals surface area contributed by atoms with Gasteiger partial charge in [-0.15, -0.1) is 0 Å². The topological polar surface area (TPSA) is 114 Å². The lowest BCUT2D eigenvalue weighted by molar-refractivity contribution is -0.139. The Labute approximate surface area is 184 Å². The maximum absolute atomic E-state index is 13.2. The lowest BCUT2D eigenvalue weighted by Gasteiger charge is -2.28. The second kappa shape index (κ2) is 11.6. The maximum atomic E-state index is 13.2. The fraction of sp³-hybridized carbons (Fsp3) is 0.458. The molecule has 7 heteroatoms. The van der Waals surface area contributed by atoms with Crippen molar-refractivity contribution in [2.45, 2.75) is 56.7 Å². The highest BCUT2D eigenvalue weighted by Gasteiger charge is 2.36. The van der Waals surface area contributed by atoms with Gasteiger partial charge in [0.15, 0.2) is 0 Å². The molecule has 31 heavy (non-hydrogen) atoms. The molecule has 2 amide bonds. The first-order valence-electron chi connectivity index (χ1n) is 11.1. The van der Waals surface area contributed by atoms with E-state index >= 15 is 0 Å². The van der Waals surface area contributed by atoms with Crippen LogP contribution in [0.15, 0.2) is 54.7 Å². The van der Waals surface area contributed by atoms with E-state index in [0.29, 0.717) is 32.4 Å². The number of nitrogens with zero attached hydrogens (tertiary/aromatic N) is 2. The zero-order valence-electron chi connectivity index (χ0n) is 18.0. The van der Waals surface area contributed by atoms with E-state index in [9.17, 15) is 9.59 Å². The predicted octanol–water partition coefficient (Wildman–Crippen LogP) is 1.93. The molecule has 1 aromatic heterocycles. The minimum atomic E-state index is -0.585. The minimum absolute atomic E-state index is 0.134. The van der Waals surface area contributed by atoms with Crippen LogP contribution in [0, 0.1) is 0 Å². The number of nitrogens with one attached hydrogen (secondary N) is 1. The molecule has 0 saturated carbocycles. The van der Waals surface area contributed by atoms with Gasteiger partial charge in [0, 0.05) is 24.9 Å². The fourth-order valence-corrected chi connectivity index (χ4v) is 4.08. The zero-order valence-corrected chi connectivity index (χ0v) is 18.0. The van der Waals surface area contributed by atoms with Gasteiger partial charge in [-0.2, -0.15) is 0 Å². The Morgan fingerprint density at radius 3 is 2.61 bits per heavy atom. The van der Waals surface area contributed by atoms with Crippen molar-refractivity contribution in [3.63, 3.8) is 0 Å². The SMILES string of the molecule is NCCCCC(N)C(=O)N1CCC[C@H]1C(=O)NC(Cc1ccccn1)c1ccccc1. The number of nitrogens with two attached hydrogens (primary N) is 2. The minimum Gasteiger partial charge on any atom is -0.347 e. The summed E-state index contributed by atoms with van der Waals surface area (Å²) in [5, 5.41) is 3.17. The molecule has 2 aromatic rings. The molecule has 3 rings (SSSR count). The maximum Gasteiger partial charge on any atom is 0.243 e. The van der Waals surface area contributed by atoms with Crippen LogP contribution >= 0.6 is 0 Å². The third-order valence-corrected chi connectivity index (χ3v) is 5.78. The van der Waals surface area contributed by atoms with Gasteiger partial charge in [0.2, 0.25) is 11.8 Å². The van der Waals surface area contributed by atoms with Gasteiger partial charge >= 0.3 is 0 Å². The monoisotopic (exact) mass is 423 g/mol. The molecular weight excluding hydrogens is 390 g/mol. The molecule has 0 aliphatic carbocycles. The van der Waals surface area contributed by atoms with Crippen LogP contribution in [0.3, 0.4) is 0 Å². The van der Waals surface area contributed by atoms with Crippen LogP contribution in [0.2, 0.25) is 0 Å². The number of unbranched alkanes of at least 4 members (excludes halogenated alkanes) is 1. The van der Waals surface area contributed by atoms with E-state index in [2.05, 4.69) is 10.3 Å². The third-order valence-electron chi connectivity index (χ3n) is 5.78. The average molecular weight is 424 g/mol. The Hall–Kier alpha value is -2.77. The van der Waals surface area contributed by atoms with Gasteiger partial charge < -0.3 is 21.7 Å². The number of pyridine rings is 1. The van der Waals surface area contributed by atoms with Crippen LogP contribution in [0.25, 0.3) is 0 Å². The van der Waals surface area contributed by atoms with Crippen molar-refractivity contribution in [3.05, 3.63) is 66.0 Å². The molecule has 1 aliphatic rings. The Balaban J connectivity index is 1.69. The third kappa shape index (κ3) is 6.35. The van der Waals surface area contributed by atoms with Gasteiger partial charge in [-0.1, -0.05) is 42.8 Å². The number of likely N-dealkylation sites (tertiary alicyclic amines) is 1. The Bertz CT molecular complexity index is 830. The van der Waals surface area contributed by atoms with E-state index in [0.717, 1.165) is 30.5 Å². The molecule has 2 unspecified atom stereocenters. The van der Waals surface area contributed by atoms with Crippen LogP contribution in [-0.4, -0.2) is 46.9 Å². The number of carbonyl (C=O) groups is 2. The lowest BCUT2D eigenvalue weighted by Crippen LogP contribution is -2.51. The molecule has 0 radical (unpaired) electrons. The summed E-state index contributed by atoms with van der Waals surface area (Å²) in [6.07, 6.45) is 6.03. The summed E-state index contributed by atoms with van der Waals surface area (Å²) in [7, 11) is 0. The zero-order chi connectivity index (χ0) is 22.1. The lowest BCUT2D eigenvalue weighted by atomic mass is 10.0. The van der Waals surface area contributed by atoms with Crippen molar-refractivity contribution in [1.82, 2.24) is 15.2 Å². The average Bonchev–Trinajstić information content (AvgIpc) is 3.29. The number of hydrogen-bond donors (Lipinski definition) is 3. The van der Waals surface area contributed by atoms with E-state index in [-0.39, 0.29) is 17.9 Å². The van der Waals surface area contributed by atoms with Crippen molar-refractivity contribution >= 4 is 11.8 Å². The Morgan fingerprint density at radius 1 is 1.13 bits per heavy atom. The van der Waals surface area contributed by atoms with Crippen LogP contribution in [0.4, 0.5) is 0 Å². The quantitative estimate of drug-likeness (QED) is 0.505. The number of carbonyl (C=O) groups excluding carboxylic acids is 2. The first-order valence-corrected chi connectivity index (χ1v) is 11.1. The van der Waals surface area contributed by atoms with Gasteiger partial charge in [0.1, 0.15) is 6.04 Å². The Kier molecular flexibility index (Phi) is 8.55. The first-order chi connectivity index (χ1) is 15.1. The van der Waals surface area contributed by atoms with E-state index in [1.54, 1.807) is 11.1 Å². The molecule has 5 N–H and O–H groups in total. The van der Waals surface area contributed by atoms with E-state index in [1.807, 2.05) is 48.5 Å². The molecule has 1 aliphatic heterocycles. The summed E-state index contributed by atoms with van der Waals surface area (Å²) >= 11 is 0. The molecule has 2 heterocycles. The van der Waals surface area contributed by atoms with Gasteiger partial charge in [-0.3, -0.25) is 14.6 Å². The van der Waals surface area contributed by atoms with Gasteiger partial charge in [0.25, 0.3) is 0 Å². The van der Waals surface area contributed by atoms with Crippen molar-refractivity contribution in [2.75, 3.05) is 13.1 Å². The molecule has 1 aromatic carbocycles. The van der Waals surface area contributed by atoms with E-state index in [4.69, 9.17) is 11.5 Å². The summed E-state index contributed by atoms with van der Waals surface area (Å²) in [5.74, 6) is -0.277. The molecular formula is C24H33N5O2. The highest BCUT2D eigenvalue weighted by atomic mass is 16.2. The van der Waals surface area contributed by atoms with Crippen molar-refractivity contribution in [2.24, 2.45) is 11.5 Å². The van der Waals surface area contributed by atoms with Crippen molar-refractivity contribution in [1.29, 1.82) is 0 Å². The summed E-state index contributed by atoms with van der Waals surface area (Å²) in [6.45, 7) is 1.16. The Morgan fingerprint density at radius 2 is 1.90 bits per heavy atom. The predicted molar refractivity (Wildman–Crippen MR) is 121 cm³/mol. The fourth-order valence-electron chi connectivity index (χ4n) is 4.08. The second-order valence-electron chi connectivity index (χ2n) is 8.08. The van der Waals surface area contributed by atoms with E-state index < -0.39 is 12.1 Å². The highest BCUT2D eigenvalue weighted by molar-refractivity contribution is 5.90. The molecule has 3 atom stereocenters. The van der Waals surface area contributed by atoms with Crippen molar-refractivity contribution in [3.8, 4) is 0 Å². The van der Waals surface area contributed by atoms with E-state index in [1.165, 1.54) is 0 Å². The molecule has 0 spiro atoms. The summed E-state index contributed by atoms with van der Waals surface area (Å²) in [5.41, 5.74) is 13.6. The van der Waals surface area contributed by atoms with Gasteiger partial charge in [-0.25, -0.2) is 0 Å². The highest BCUT2D eigenvalue weighted by Crippen LogP contribution is 2.22.